The van der Waals surface area contributed by atoms with Crippen molar-refractivity contribution in [2.45, 2.75) is 45.3 Å². The Morgan fingerprint density at radius 2 is 2.00 bits per heavy atom. The van der Waals surface area contributed by atoms with Crippen molar-refractivity contribution in [2.75, 3.05) is 0 Å². The standard InChI is InChI=1S/C20H23NO3/c1-13(2)23-18-8-4-3-7-16(18)15-11-10-14-6-5-9-19(17(14)12-15)24-20(21)22/h3-4,7-8,10-13,19H,5-6,9H2,1-2H3,(H2,21,22). The fourth-order valence-corrected chi connectivity index (χ4v) is 3.25. The van der Waals surface area contributed by atoms with Crippen molar-refractivity contribution in [3.63, 3.8) is 0 Å². The molecule has 0 heterocycles. The third kappa shape index (κ3) is 3.53. The number of carbonyl (C=O) groups excluding carboxylic acids is 1. The van der Waals surface area contributed by atoms with E-state index in [1.54, 1.807) is 0 Å². The van der Waals surface area contributed by atoms with Crippen LogP contribution in [0.25, 0.3) is 11.1 Å². The lowest BCUT2D eigenvalue weighted by atomic mass is 9.87. The molecule has 0 fully saturated rings. The van der Waals surface area contributed by atoms with E-state index >= 15 is 0 Å². The maximum Gasteiger partial charge on any atom is 0.405 e. The average Bonchev–Trinajstić information content (AvgIpc) is 2.54. The van der Waals surface area contributed by atoms with Gasteiger partial charge in [-0.05, 0) is 61.9 Å². The molecule has 1 atom stereocenters. The Bertz CT molecular complexity index is 739. The highest BCUT2D eigenvalue weighted by Crippen LogP contribution is 2.37. The van der Waals surface area contributed by atoms with Gasteiger partial charge in [-0.1, -0.05) is 30.3 Å². The summed E-state index contributed by atoms with van der Waals surface area (Å²) in [6, 6.07) is 14.3. The topological polar surface area (TPSA) is 61.6 Å². The van der Waals surface area contributed by atoms with Gasteiger partial charge in [0.15, 0.2) is 0 Å². The molecule has 4 heteroatoms. The smallest absolute Gasteiger partial charge is 0.405 e. The maximum atomic E-state index is 11.2. The molecule has 0 spiro atoms. The Hall–Kier alpha value is -2.49. The van der Waals surface area contributed by atoms with E-state index in [0.717, 1.165) is 41.7 Å². The monoisotopic (exact) mass is 325 g/mol. The third-order valence-corrected chi connectivity index (χ3v) is 4.22. The Morgan fingerprint density at radius 1 is 1.21 bits per heavy atom. The molecular formula is C20H23NO3. The maximum absolute atomic E-state index is 11.2. The van der Waals surface area contributed by atoms with Crippen molar-refractivity contribution >= 4 is 6.09 Å². The predicted octanol–water partition coefficient (Wildman–Crippen LogP) is 4.61. The van der Waals surface area contributed by atoms with Crippen LogP contribution in [0.2, 0.25) is 0 Å². The van der Waals surface area contributed by atoms with Crippen LogP contribution in [0.3, 0.4) is 0 Å². The molecule has 0 saturated heterocycles. The first-order chi connectivity index (χ1) is 11.5. The number of para-hydroxylation sites is 1. The number of hydrogen-bond donors (Lipinski definition) is 1. The lowest BCUT2D eigenvalue weighted by Gasteiger charge is -2.25. The van der Waals surface area contributed by atoms with Gasteiger partial charge in [0, 0.05) is 5.56 Å². The summed E-state index contributed by atoms with van der Waals surface area (Å²) in [6.07, 6.45) is 1.93. The summed E-state index contributed by atoms with van der Waals surface area (Å²) in [7, 11) is 0. The summed E-state index contributed by atoms with van der Waals surface area (Å²) in [4.78, 5) is 11.2. The number of fused-ring (bicyclic) bond motifs is 1. The summed E-state index contributed by atoms with van der Waals surface area (Å²) in [5.41, 5.74) is 9.60. The van der Waals surface area contributed by atoms with Crippen LogP contribution < -0.4 is 10.5 Å². The highest BCUT2D eigenvalue weighted by Gasteiger charge is 2.23. The van der Waals surface area contributed by atoms with Crippen LogP contribution >= 0.6 is 0 Å². The van der Waals surface area contributed by atoms with Crippen LogP contribution in [0, 0.1) is 0 Å². The Balaban J connectivity index is 2.00. The van der Waals surface area contributed by atoms with Gasteiger partial charge in [0.2, 0.25) is 0 Å². The molecule has 0 bridgehead atoms. The molecule has 4 nitrogen and oxygen atoms in total. The molecule has 0 aliphatic heterocycles. The van der Waals surface area contributed by atoms with Gasteiger partial charge in [0.25, 0.3) is 0 Å². The molecule has 1 aliphatic carbocycles. The number of rotatable bonds is 4. The number of aryl methyl sites for hydroxylation is 1. The molecule has 0 saturated carbocycles. The van der Waals surface area contributed by atoms with Crippen LogP contribution in [-0.2, 0) is 11.2 Å². The van der Waals surface area contributed by atoms with Gasteiger partial charge in [-0.15, -0.1) is 0 Å². The number of amides is 1. The molecular weight excluding hydrogens is 302 g/mol. The van der Waals surface area contributed by atoms with Crippen molar-refractivity contribution in [3.05, 3.63) is 53.6 Å². The minimum absolute atomic E-state index is 0.106. The van der Waals surface area contributed by atoms with Crippen LogP contribution in [-0.4, -0.2) is 12.2 Å². The molecule has 1 aliphatic rings. The van der Waals surface area contributed by atoms with Gasteiger partial charge in [-0.3, -0.25) is 0 Å². The van der Waals surface area contributed by atoms with E-state index in [2.05, 4.69) is 18.2 Å². The summed E-state index contributed by atoms with van der Waals surface area (Å²) in [5, 5.41) is 0. The van der Waals surface area contributed by atoms with Gasteiger partial charge in [-0.2, -0.15) is 0 Å². The lowest BCUT2D eigenvalue weighted by molar-refractivity contribution is 0.0959. The molecule has 126 valence electrons. The number of hydrogen-bond acceptors (Lipinski definition) is 3. The molecule has 0 aromatic heterocycles. The SMILES string of the molecule is CC(C)Oc1ccccc1-c1ccc2c(c1)C(OC(N)=O)CCC2. The molecule has 2 N–H and O–H groups in total. The number of carbonyl (C=O) groups is 1. The Kier molecular flexibility index (Phi) is 4.74. The zero-order valence-electron chi connectivity index (χ0n) is 14.1. The second-order valence-electron chi connectivity index (χ2n) is 6.39. The van der Waals surface area contributed by atoms with E-state index < -0.39 is 6.09 Å². The van der Waals surface area contributed by atoms with Crippen LogP contribution in [0.15, 0.2) is 42.5 Å². The van der Waals surface area contributed by atoms with Crippen LogP contribution in [0.1, 0.15) is 43.9 Å². The molecule has 1 unspecified atom stereocenters. The summed E-state index contributed by atoms with van der Waals surface area (Å²) < 4.78 is 11.2. The molecule has 2 aromatic rings. The lowest BCUT2D eigenvalue weighted by Crippen LogP contribution is -2.20. The number of nitrogens with two attached hydrogens (primary N) is 1. The van der Waals surface area contributed by atoms with E-state index in [1.807, 2.05) is 38.1 Å². The normalized spacial score (nSPS) is 16.5. The van der Waals surface area contributed by atoms with E-state index in [-0.39, 0.29) is 12.2 Å². The first kappa shape index (κ1) is 16.4. The minimum Gasteiger partial charge on any atom is -0.490 e. The first-order valence-corrected chi connectivity index (χ1v) is 8.39. The fourth-order valence-electron chi connectivity index (χ4n) is 3.25. The van der Waals surface area contributed by atoms with E-state index in [0.29, 0.717) is 0 Å². The van der Waals surface area contributed by atoms with Gasteiger partial charge in [0.1, 0.15) is 11.9 Å². The number of ether oxygens (including phenoxy) is 2. The summed E-state index contributed by atoms with van der Waals surface area (Å²) in [5.74, 6) is 0.857. The van der Waals surface area contributed by atoms with E-state index in [1.165, 1.54) is 5.56 Å². The molecule has 3 rings (SSSR count). The highest BCUT2D eigenvalue weighted by atomic mass is 16.6. The Morgan fingerprint density at radius 3 is 2.75 bits per heavy atom. The van der Waals surface area contributed by atoms with Crippen molar-refractivity contribution in [2.24, 2.45) is 5.73 Å². The summed E-state index contributed by atoms with van der Waals surface area (Å²) >= 11 is 0. The van der Waals surface area contributed by atoms with Gasteiger partial charge < -0.3 is 15.2 Å². The molecule has 2 aromatic carbocycles. The summed E-state index contributed by atoms with van der Waals surface area (Å²) in [6.45, 7) is 4.03. The van der Waals surface area contributed by atoms with Crippen molar-refractivity contribution in [1.29, 1.82) is 0 Å². The van der Waals surface area contributed by atoms with Crippen LogP contribution in [0.5, 0.6) is 5.75 Å². The number of benzene rings is 2. The largest absolute Gasteiger partial charge is 0.490 e. The van der Waals surface area contributed by atoms with Crippen molar-refractivity contribution in [3.8, 4) is 16.9 Å². The minimum atomic E-state index is -0.721. The predicted molar refractivity (Wildman–Crippen MR) is 94.0 cm³/mol. The van der Waals surface area contributed by atoms with Crippen molar-refractivity contribution < 1.29 is 14.3 Å². The Labute approximate surface area is 142 Å². The number of primary amides is 1. The molecule has 0 radical (unpaired) electrons. The zero-order valence-corrected chi connectivity index (χ0v) is 14.1. The fraction of sp³-hybridized carbons (Fsp3) is 0.350. The van der Waals surface area contributed by atoms with E-state index in [4.69, 9.17) is 15.2 Å². The average molecular weight is 325 g/mol. The van der Waals surface area contributed by atoms with Gasteiger partial charge in [-0.25, -0.2) is 4.79 Å². The second-order valence-corrected chi connectivity index (χ2v) is 6.39. The van der Waals surface area contributed by atoms with Crippen LogP contribution in [0.4, 0.5) is 4.79 Å². The third-order valence-electron chi connectivity index (χ3n) is 4.22. The van der Waals surface area contributed by atoms with Gasteiger partial charge in [0.05, 0.1) is 6.10 Å². The molecule has 24 heavy (non-hydrogen) atoms. The first-order valence-electron chi connectivity index (χ1n) is 8.39. The second kappa shape index (κ2) is 6.95. The van der Waals surface area contributed by atoms with E-state index in [9.17, 15) is 4.79 Å². The highest BCUT2D eigenvalue weighted by molar-refractivity contribution is 5.72. The zero-order chi connectivity index (χ0) is 17.1. The quantitative estimate of drug-likeness (QED) is 0.892. The van der Waals surface area contributed by atoms with Gasteiger partial charge >= 0.3 is 6.09 Å². The van der Waals surface area contributed by atoms with Crippen molar-refractivity contribution in [1.82, 2.24) is 0 Å². The molecule has 1 amide bonds.